The zero-order valence-electron chi connectivity index (χ0n) is 16.8. The summed E-state index contributed by atoms with van der Waals surface area (Å²) in [6, 6.07) is 11.0. The number of hydrogen-bond donors (Lipinski definition) is 3. The van der Waals surface area contributed by atoms with Crippen LogP contribution in [0.2, 0.25) is 0 Å². The molecule has 2 heterocycles. The number of nitrogens with one attached hydrogen (secondary N) is 1. The number of para-hydroxylation sites is 1. The number of phenolic OH excluding ortho intramolecular Hbond substituents is 1. The third kappa shape index (κ3) is 2.76. The minimum absolute atomic E-state index is 0.00699. The summed E-state index contributed by atoms with van der Waals surface area (Å²) in [5, 5.41) is 24.6. The van der Waals surface area contributed by atoms with E-state index in [2.05, 4.69) is 19.2 Å². The van der Waals surface area contributed by atoms with Crippen molar-refractivity contribution in [1.29, 1.82) is 0 Å². The van der Waals surface area contributed by atoms with E-state index >= 15 is 0 Å². The zero-order chi connectivity index (χ0) is 20.3. The molecule has 0 spiro atoms. The third-order valence-corrected chi connectivity index (χ3v) is 5.99. The maximum atomic E-state index is 13.3. The van der Waals surface area contributed by atoms with Crippen molar-refractivity contribution in [3.05, 3.63) is 53.1 Å². The van der Waals surface area contributed by atoms with Gasteiger partial charge in [0.1, 0.15) is 16.9 Å². The lowest BCUT2D eigenvalue weighted by molar-refractivity contribution is -0.121. The Balaban J connectivity index is 2.02. The first-order chi connectivity index (χ1) is 13.0. The Bertz CT molecular complexity index is 958. The molecule has 2 aromatic carbocycles. The topological polar surface area (TPSA) is 78.8 Å². The highest BCUT2D eigenvalue weighted by molar-refractivity contribution is 6.09. The molecule has 5 heteroatoms. The fourth-order valence-electron chi connectivity index (χ4n) is 4.61. The van der Waals surface area contributed by atoms with Gasteiger partial charge in [0.05, 0.1) is 12.2 Å². The fraction of sp³-hybridized carbons (Fsp3) is 0.435. The molecule has 0 bridgehead atoms. The van der Waals surface area contributed by atoms with Crippen LogP contribution < -0.4 is 10.1 Å². The first-order valence-electron chi connectivity index (χ1n) is 9.69. The number of carbonyl (C=O) groups is 1. The van der Waals surface area contributed by atoms with Gasteiger partial charge in [-0.3, -0.25) is 4.79 Å². The first-order valence-corrected chi connectivity index (χ1v) is 9.69. The number of rotatable bonds is 3. The van der Waals surface area contributed by atoms with Crippen molar-refractivity contribution >= 4 is 11.6 Å². The molecule has 3 N–H and O–H groups in total. The maximum absolute atomic E-state index is 13.3. The van der Waals surface area contributed by atoms with Crippen molar-refractivity contribution < 1.29 is 19.7 Å². The number of carbonyl (C=O) groups excluding carboxylic acids is 1. The molecule has 2 aromatic rings. The summed E-state index contributed by atoms with van der Waals surface area (Å²) in [5.74, 6) is 0.427. The quantitative estimate of drug-likeness (QED) is 0.755. The van der Waals surface area contributed by atoms with Crippen LogP contribution in [0.1, 0.15) is 57.2 Å². The summed E-state index contributed by atoms with van der Waals surface area (Å²) in [7, 11) is 0. The van der Waals surface area contributed by atoms with E-state index in [9.17, 15) is 15.0 Å². The van der Waals surface area contributed by atoms with Gasteiger partial charge in [-0.2, -0.15) is 0 Å². The molecule has 0 fully saturated rings. The molecule has 148 valence electrons. The van der Waals surface area contributed by atoms with Crippen LogP contribution in [0.25, 0.3) is 0 Å². The Labute approximate surface area is 165 Å². The summed E-state index contributed by atoms with van der Waals surface area (Å²) in [6.45, 7) is 8.24. The second kappa shape index (κ2) is 5.98. The summed E-state index contributed by atoms with van der Waals surface area (Å²) >= 11 is 0. The van der Waals surface area contributed by atoms with Gasteiger partial charge in [0.2, 0.25) is 5.91 Å². The highest BCUT2D eigenvalue weighted by atomic mass is 16.5. The van der Waals surface area contributed by atoms with Crippen molar-refractivity contribution in [1.82, 2.24) is 0 Å². The number of fused-ring (bicyclic) bond motifs is 2. The van der Waals surface area contributed by atoms with Gasteiger partial charge in [-0.05, 0) is 49.8 Å². The Kier molecular flexibility index (Phi) is 4.02. The summed E-state index contributed by atoms with van der Waals surface area (Å²) in [6.07, 6.45) is 1.00. The van der Waals surface area contributed by atoms with E-state index in [1.54, 1.807) is 19.9 Å². The molecule has 0 saturated carbocycles. The Morgan fingerprint density at radius 3 is 2.57 bits per heavy atom. The average Bonchev–Trinajstić information content (AvgIpc) is 2.85. The molecule has 28 heavy (non-hydrogen) atoms. The maximum Gasteiger partial charge on any atom is 0.239 e. The molecule has 1 unspecified atom stereocenters. The number of ether oxygens (including phenoxy) is 1. The number of phenols is 1. The molecular formula is C23H27NO4. The van der Waals surface area contributed by atoms with Gasteiger partial charge in [0, 0.05) is 22.9 Å². The molecular weight excluding hydrogens is 354 g/mol. The van der Waals surface area contributed by atoms with Crippen LogP contribution in [0.4, 0.5) is 5.69 Å². The van der Waals surface area contributed by atoms with E-state index in [-0.39, 0.29) is 23.5 Å². The predicted molar refractivity (Wildman–Crippen MR) is 108 cm³/mol. The molecule has 5 nitrogen and oxygen atoms in total. The van der Waals surface area contributed by atoms with Crippen LogP contribution in [-0.2, 0) is 15.6 Å². The lowest BCUT2D eigenvalue weighted by Crippen LogP contribution is -2.42. The monoisotopic (exact) mass is 381 g/mol. The molecule has 2 aliphatic rings. The van der Waals surface area contributed by atoms with Gasteiger partial charge in [0.25, 0.3) is 0 Å². The van der Waals surface area contributed by atoms with Crippen molar-refractivity contribution in [2.75, 3.05) is 11.9 Å². The number of amides is 1. The van der Waals surface area contributed by atoms with Crippen LogP contribution in [0.3, 0.4) is 0 Å². The van der Waals surface area contributed by atoms with E-state index in [0.717, 1.165) is 17.5 Å². The molecule has 4 rings (SSSR count). The van der Waals surface area contributed by atoms with E-state index < -0.39 is 11.0 Å². The third-order valence-electron chi connectivity index (χ3n) is 5.99. The second-order valence-corrected chi connectivity index (χ2v) is 9.24. The highest BCUT2D eigenvalue weighted by Gasteiger charge is 2.52. The minimum atomic E-state index is -1.18. The molecule has 0 aromatic heterocycles. The Morgan fingerprint density at radius 2 is 1.86 bits per heavy atom. The standard InChI is InChI=1S/C23H27NO4/c1-21(2)9-10-28-19-12-18(25)15(11-16(19)21)23(13-22(3,4)27)14-7-5-6-8-17(14)24-20(23)26/h5-8,11-12,25,27H,9-10,13H2,1-4H3,(H,24,26). The highest BCUT2D eigenvalue weighted by Crippen LogP contribution is 2.52. The van der Waals surface area contributed by atoms with Crippen molar-refractivity contribution in [3.8, 4) is 11.5 Å². The van der Waals surface area contributed by atoms with E-state index in [1.165, 1.54) is 0 Å². The lowest BCUT2D eigenvalue weighted by Gasteiger charge is -2.37. The van der Waals surface area contributed by atoms with Crippen LogP contribution >= 0.6 is 0 Å². The first kappa shape index (κ1) is 18.8. The van der Waals surface area contributed by atoms with Crippen LogP contribution in [0.15, 0.2) is 36.4 Å². The van der Waals surface area contributed by atoms with Gasteiger partial charge in [-0.1, -0.05) is 32.0 Å². The molecule has 1 atom stereocenters. The normalized spacial score (nSPS) is 22.8. The van der Waals surface area contributed by atoms with Crippen molar-refractivity contribution in [2.45, 2.75) is 57.0 Å². The van der Waals surface area contributed by atoms with Crippen LogP contribution in [-0.4, -0.2) is 28.3 Å². The predicted octanol–water partition coefficient (Wildman–Crippen LogP) is 3.85. The van der Waals surface area contributed by atoms with Crippen molar-refractivity contribution in [2.24, 2.45) is 0 Å². The van der Waals surface area contributed by atoms with E-state index in [0.29, 0.717) is 23.6 Å². The molecule has 1 amide bonds. The van der Waals surface area contributed by atoms with Gasteiger partial charge in [0.15, 0.2) is 0 Å². The van der Waals surface area contributed by atoms with Crippen molar-refractivity contribution in [3.63, 3.8) is 0 Å². The Hall–Kier alpha value is -2.53. The lowest BCUT2D eigenvalue weighted by atomic mass is 9.67. The molecule has 2 aliphatic heterocycles. The zero-order valence-corrected chi connectivity index (χ0v) is 16.8. The second-order valence-electron chi connectivity index (χ2n) is 9.24. The van der Waals surface area contributed by atoms with Crippen LogP contribution in [0, 0.1) is 0 Å². The SMILES string of the molecule is CC(C)(O)CC1(c2cc3c(cc2O)OCCC3(C)C)C(=O)Nc2ccccc21. The number of benzene rings is 2. The van der Waals surface area contributed by atoms with Gasteiger partial charge in [-0.25, -0.2) is 0 Å². The Morgan fingerprint density at radius 1 is 1.14 bits per heavy atom. The van der Waals surface area contributed by atoms with Gasteiger partial charge < -0.3 is 20.3 Å². The molecule has 0 aliphatic carbocycles. The minimum Gasteiger partial charge on any atom is -0.507 e. The number of aliphatic hydroxyl groups is 1. The molecule has 0 radical (unpaired) electrons. The van der Waals surface area contributed by atoms with Gasteiger partial charge >= 0.3 is 0 Å². The van der Waals surface area contributed by atoms with E-state index in [4.69, 9.17) is 4.74 Å². The smallest absolute Gasteiger partial charge is 0.239 e. The summed E-state index contributed by atoms with van der Waals surface area (Å²) in [4.78, 5) is 13.3. The average molecular weight is 381 g/mol. The van der Waals surface area contributed by atoms with Gasteiger partial charge in [-0.15, -0.1) is 0 Å². The number of anilines is 1. The van der Waals surface area contributed by atoms with E-state index in [1.807, 2.05) is 30.3 Å². The largest absolute Gasteiger partial charge is 0.507 e. The molecule has 0 saturated heterocycles. The summed E-state index contributed by atoms with van der Waals surface area (Å²) < 4.78 is 5.78. The fourth-order valence-corrected chi connectivity index (χ4v) is 4.61. The van der Waals surface area contributed by atoms with Crippen LogP contribution in [0.5, 0.6) is 11.5 Å². The number of hydrogen-bond acceptors (Lipinski definition) is 4. The summed E-state index contributed by atoms with van der Waals surface area (Å²) in [5.41, 5.74) is 0.523. The number of aromatic hydroxyl groups is 1.